The summed E-state index contributed by atoms with van der Waals surface area (Å²) < 4.78 is 0. The van der Waals surface area contributed by atoms with Gasteiger partial charge in [-0.25, -0.2) is 4.79 Å². The van der Waals surface area contributed by atoms with Crippen LogP contribution >= 0.6 is 0 Å². The van der Waals surface area contributed by atoms with Crippen LogP contribution in [0.25, 0.3) is 0 Å². The van der Waals surface area contributed by atoms with Gasteiger partial charge in [0.1, 0.15) is 36.3 Å². The second-order valence-corrected chi connectivity index (χ2v) is 17.7. The molecule has 0 aliphatic heterocycles. The summed E-state index contributed by atoms with van der Waals surface area (Å²) in [5.41, 5.74) is 12.3. The number of carboxylic acids is 2. The van der Waals surface area contributed by atoms with Crippen molar-refractivity contribution < 1.29 is 48.6 Å². The highest BCUT2D eigenvalue weighted by atomic mass is 16.4. The molecule has 0 spiro atoms. The topological polar surface area (TPSA) is 301 Å². The number of carbonyl (C=O) groups excluding carboxylic acids is 6. The van der Waals surface area contributed by atoms with Crippen molar-refractivity contribution in [3.63, 3.8) is 0 Å². The Morgan fingerprint density at radius 3 is 1.29 bits per heavy atom. The van der Waals surface area contributed by atoms with Gasteiger partial charge in [-0.2, -0.15) is 0 Å². The van der Waals surface area contributed by atoms with Gasteiger partial charge < -0.3 is 53.6 Å². The molecule has 0 saturated carbocycles. The molecule has 1 aromatic rings. The SMILES string of the molecule is CC(C)C[C@H](NC(=O)[C@H](CC(C)C)NC(=O)[C@H](Cc1ccccc1)NC(=O)[C@H](CC(C)C)NC(=O)[C@H](CCC(=O)O)NC(=O)[C@@H](N)CC(C)C)C(=O)N[C@@H](CCCCN)C(=O)O. The van der Waals surface area contributed by atoms with E-state index in [1.54, 1.807) is 30.3 Å². The van der Waals surface area contributed by atoms with Crippen molar-refractivity contribution in [3.8, 4) is 0 Å². The monoisotopic (exact) mass is 875 g/mol. The maximum Gasteiger partial charge on any atom is 0.326 e. The first kappa shape index (κ1) is 54.9. The van der Waals surface area contributed by atoms with E-state index < -0.39 is 96.1 Å². The lowest BCUT2D eigenvalue weighted by molar-refractivity contribution is -0.142. The van der Waals surface area contributed by atoms with E-state index in [2.05, 4.69) is 31.9 Å². The molecular formula is C44H74N8O10. The number of nitrogens with two attached hydrogens (primary N) is 2. The fraction of sp³-hybridized carbons (Fsp3) is 0.682. The van der Waals surface area contributed by atoms with Crippen molar-refractivity contribution in [2.24, 2.45) is 35.1 Å². The van der Waals surface area contributed by atoms with Crippen molar-refractivity contribution in [1.82, 2.24) is 31.9 Å². The lowest BCUT2D eigenvalue weighted by Crippen LogP contribution is -2.60. The number of nitrogens with one attached hydrogen (secondary N) is 6. The van der Waals surface area contributed by atoms with Crippen LogP contribution in [-0.4, -0.2) is 106 Å². The molecule has 0 aliphatic rings. The van der Waals surface area contributed by atoms with Gasteiger partial charge in [0.15, 0.2) is 0 Å². The highest BCUT2D eigenvalue weighted by Crippen LogP contribution is 2.14. The molecule has 0 aromatic heterocycles. The van der Waals surface area contributed by atoms with Gasteiger partial charge in [-0.05, 0) is 87.1 Å². The normalized spacial score (nSPS) is 14.8. The third-order valence-electron chi connectivity index (χ3n) is 9.84. The average Bonchev–Trinajstić information content (AvgIpc) is 3.17. The first-order valence-electron chi connectivity index (χ1n) is 21.8. The number of benzene rings is 1. The Kier molecular flexibility index (Phi) is 25.2. The molecule has 0 saturated heterocycles. The lowest BCUT2D eigenvalue weighted by Gasteiger charge is -2.29. The summed E-state index contributed by atoms with van der Waals surface area (Å²) in [7, 11) is 0. The predicted octanol–water partition coefficient (Wildman–Crippen LogP) is 1.73. The zero-order valence-corrected chi connectivity index (χ0v) is 37.8. The van der Waals surface area contributed by atoms with Gasteiger partial charge in [-0.3, -0.25) is 33.6 Å². The third-order valence-corrected chi connectivity index (χ3v) is 9.84. The Morgan fingerprint density at radius 2 is 0.887 bits per heavy atom. The minimum Gasteiger partial charge on any atom is -0.481 e. The summed E-state index contributed by atoms with van der Waals surface area (Å²) in [6.45, 7) is 15.1. The molecular weight excluding hydrogens is 801 g/mol. The summed E-state index contributed by atoms with van der Waals surface area (Å²) in [4.78, 5) is 106. The second kappa shape index (κ2) is 28.5. The number of carbonyl (C=O) groups is 8. The van der Waals surface area contributed by atoms with E-state index in [-0.39, 0.29) is 62.2 Å². The standard InChI is InChI=1S/C44H74N8O10/c1-25(2)20-30(46)38(55)47-31(17-18-37(53)54)39(56)49-34(22-27(5)6)42(59)52-36(24-29-14-10-9-11-15-29)43(60)51-35(23-28(7)8)41(58)50-33(21-26(3)4)40(57)48-32(44(61)62)16-12-13-19-45/h9-11,14-15,25-28,30-36H,12-13,16-24,45-46H2,1-8H3,(H,47,55)(H,48,57)(H,49,56)(H,50,58)(H,51,60)(H,52,59)(H,53,54)(H,61,62)/t30-,31-,32-,33-,34-,35-,36-/m0/s1. The number of hydrogen-bond acceptors (Lipinski definition) is 10. The molecule has 1 rings (SSSR count). The van der Waals surface area contributed by atoms with Crippen LogP contribution < -0.4 is 43.4 Å². The second-order valence-electron chi connectivity index (χ2n) is 17.7. The number of unbranched alkanes of at least 4 members (excludes halogenated alkanes) is 1. The molecule has 7 atom stereocenters. The largest absolute Gasteiger partial charge is 0.481 e. The Bertz CT molecular complexity index is 1610. The molecule has 18 heteroatoms. The predicted molar refractivity (Wildman–Crippen MR) is 235 cm³/mol. The highest BCUT2D eigenvalue weighted by Gasteiger charge is 2.34. The molecule has 12 N–H and O–H groups in total. The van der Waals surface area contributed by atoms with E-state index in [0.717, 1.165) is 0 Å². The van der Waals surface area contributed by atoms with E-state index in [0.29, 0.717) is 31.4 Å². The smallest absolute Gasteiger partial charge is 0.326 e. The molecule has 18 nitrogen and oxygen atoms in total. The van der Waals surface area contributed by atoms with Gasteiger partial charge in [0.05, 0.1) is 6.04 Å². The Balaban J connectivity index is 3.47. The quantitative estimate of drug-likeness (QED) is 0.0495. The first-order chi connectivity index (χ1) is 29.0. The Hall–Kier alpha value is -5.10. The molecule has 0 bridgehead atoms. The van der Waals surface area contributed by atoms with Crippen molar-refractivity contribution >= 4 is 47.4 Å². The molecule has 0 radical (unpaired) electrons. The molecule has 1 aromatic carbocycles. The lowest BCUT2D eigenvalue weighted by atomic mass is 9.98. The van der Waals surface area contributed by atoms with Gasteiger partial charge in [-0.15, -0.1) is 0 Å². The van der Waals surface area contributed by atoms with E-state index in [9.17, 15) is 48.6 Å². The summed E-state index contributed by atoms with van der Waals surface area (Å²) in [5, 5.41) is 35.1. The zero-order valence-electron chi connectivity index (χ0n) is 37.8. The van der Waals surface area contributed by atoms with Crippen LogP contribution in [0.4, 0.5) is 0 Å². The third kappa shape index (κ3) is 22.1. The van der Waals surface area contributed by atoms with Gasteiger partial charge in [0, 0.05) is 12.8 Å². The summed E-state index contributed by atoms with van der Waals surface area (Å²) in [6, 6.07) is 0.546. The zero-order chi connectivity index (χ0) is 47.1. The van der Waals surface area contributed by atoms with E-state index in [1.807, 2.05) is 55.4 Å². The van der Waals surface area contributed by atoms with Crippen molar-refractivity contribution in [2.45, 2.75) is 162 Å². The molecule has 62 heavy (non-hydrogen) atoms. The first-order valence-corrected chi connectivity index (χ1v) is 21.8. The molecule has 0 aliphatic carbocycles. The Morgan fingerprint density at radius 1 is 0.500 bits per heavy atom. The summed E-state index contributed by atoms with van der Waals surface area (Å²) in [6.07, 6.45) is 1.21. The van der Waals surface area contributed by atoms with Crippen molar-refractivity contribution in [1.29, 1.82) is 0 Å². The summed E-state index contributed by atoms with van der Waals surface area (Å²) in [5.74, 6) is -6.97. The molecule has 0 fully saturated rings. The van der Waals surface area contributed by atoms with E-state index >= 15 is 0 Å². The van der Waals surface area contributed by atoms with E-state index in [1.165, 1.54) is 0 Å². The Labute approximate surface area is 366 Å². The van der Waals surface area contributed by atoms with Gasteiger partial charge >= 0.3 is 11.9 Å². The number of rotatable bonds is 30. The number of hydrogen-bond donors (Lipinski definition) is 10. The maximum atomic E-state index is 14.2. The van der Waals surface area contributed by atoms with Gasteiger partial charge in [0.2, 0.25) is 35.4 Å². The number of aliphatic carboxylic acids is 2. The van der Waals surface area contributed by atoms with Gasteiger partial charge in [-0.1, -0.05) is 85.7 Å². The minimum atomic E-state index is -1.33. The van der Waals surface area contributed by atoms with Crippen LogP contribution in [-0.2, 0) is 44.8 Å². The van der Waals surface area contributed by atoms with E-state index in [4.69, 9.17) is 11.5 Å². The molecule has 6 amide bonds. The van der Waals surface area contributed by atoms with Crippen LogP contribution in [0.15, 0.2) is 30.3 Å². The molecule has 0 unspecified atom stereocenters. The molecule has 350 valence electrons. The number of amides is 6. The van der Waals surface area contributed by atoms with Crippen LogP contribution in [0.5, 0.6) is 0 Å². The van der Waals surface area contributed by atoms with Crippen LogP contribution in [0.1, 0.15) is 119 Å². The number of carboxylic acid groups (broad SMARTS) is 2. The average molecular weight is 875 g/mol. The minimum absolute atomic E-state index is 0.0130. The fourth-order valence-corrected chi connectivity index (χ4v) is 6.71. The van der Waals surface area contributed by atoms with Gasteiger partial charge in [0.25, 0.3) is 0 Å². The summed E-state index contributed by atoms with van der Waals surface area (Å²) >= 11 is 0. The van der Waals surface area contributed by atoms with Crippen LogP contribution in [0, 0.1) is 23.7 Å². The maximum absolute atomic E-state index is 14.2. The highest BCUT2D eigenvalue weighted by molar-refractivity contribution is 5.97. The van der Waals surface area contributed by atoms with Crippen LogP contribution in [0.2, 0.25) is 0 Å². The van der Waals surface area contributed by atoms with Crippen molar-refractivity contribution in [2.75, 3.05) is 6.54 Å². The van der Waals surface area contributed by atoms with Crippen LogP contribution in [0.3, 0.4) is 0 Å². The molecule has 0 heterocycles. The van der Waals surface area contributed by atoms with Crippen molar-refractivity contribution in [3.05, 3.63) is 35.9 Å². The fourth-order valence-electron chi connectivity index (χ4n) is 6.71.